The summed E-state index contributed by atoms with van der Waals surface area (Å²) in [6.45, 7) is 1.61. The Morgan fingerprint density at radius 1 is 1.18 bits per heavy atom. The number of hydrogen-bond donors (Lipinski definition) is 2. The molecule has 0 bridgehead atoms. The summed E-state index contributed by atoms with van der Waals surface area (Å²) in [6.07, 6.45) is 0. The minimum absolute atomic E-state index is 0.0203. The van der Waals surface area contributed by atoms with Gasteiger partial charge in [-0.3, -0.25) is 0 Å². The Balaban J connectivity index is 1.89. The van der Waals surface area contributed by atoms with Crippen LogP contribution < -0.4 is 10.1 Å². The molecule has 0 unspecified atom stereocenters. The van der Waals surface area contributed by atoms with Gasteiger partial charge >= 0.3 is 5.97 Å². The normalized spacial score (nSPS) is 10.2. The van der Waals surface area contributed by atoms with E-state index >= 15 is 0 Å². The molecule has 0 aliphatic rings. The van der Waals surface area contributed by atoms with E-state index in [-0.39, 0.29) is 5.69 Å². The maximum atomic E-state index is 10.9. The van der Waals surface area contributed by atoms with Crippen LogP contribution in [0.15, 0.2) is 42.5 Å². The summed E-state index contributed by atoms with van der Waals surface area (Å²) in [6, 6.07) is 12.5. The Morgan fingerprint density at radius 3 is 2.64 bits per heavy atom. The number of ether oxygens (including phenoxy) is 2. The summed E-state index contributed by atoms with van der Waals surface area (Å²) in [5.41, 5.74) is 1.06. The largest absolute Gasteiger partial charge is 0.491 e. The SMILES string of the molecule is COCCOc1ccc(CNc2cccc(C(=O)O)n2)cc1. The lowest BCUT2D eigenvalue weighted by molar-refractivity contribution is 0.0690. The zero-order chi connectivity index (χ0) is 15.8. The lowest BCUT2D eigenvalue weighted by atomic mass is 10.2. The van der Waals surface area contributed by atoms with Crippen molar-refractivity contribution in [2.45, 2.75) is 6.54 Å². The quantitative estimate of drug-likeness (QED) is 0.729. The zero-order valence-electron chi connectivity index (χ0n) is 12.3. The molecule has 1 aromatic heterocycles. The first-order valence-corrected chi connectivity index (χ1v) is 6.84. The first-order valence-electron chi connectivity index (χ1n) is 6.84. The number of pyridine rings is 1. The fraction of sp³-hybridized carbons (Fsp3) is 0.250. The Bertz CT molecular complexity index is 614. The maximum absolute atomic E-state index is 10.9. The van der Waals surface area contributed by atoms with Gasteiger partial charge < -0.3 is 19.9 Å². The van der Waals surface area contributed by atoms with Crippen molar-refractivity contribution in [2.24, 2.45) is 0 Å². The van der Waals surface area contributed by atoms with Gasteiger partial charge in [0, 0.05) is 13.7 Å². The van der Waals surface area contributed by atoms with Crippen LogP contribution in [0.3, 0.4) is 0 Å². The summed E-state index contributed by atoms with van der Waals surface area (Å²) in [7, 11) is 1.63. The molecule has 1 heterocycles. The maximum Gasteiger partial charge on any atom is 0.354 e. The van der Waals surface area contributed by atoms with Crippen LogP contribution in [0.25, 0.3) is 0 Å². The number of carboxylic acid groups (broad SMARTS) is 1. The highest BCUT2D eigenvalue weighted by molar-refractivity contribution is 5.85. The second-order valence-corrected chi connectivity index (χ2v) is 4.55. The highest BCUT2D eigenvalue weighted by Gasteiger charge is 2.04. The number of anilines is 1. The van der Waals surface area contributed by atoms with Crippen molar-refractivity contribution in [3.05, 3.63) is 53.7 Å². The van der Waals surface area contributed by atoms with Gasteiger partial charge in [0.1, 0.15) is 18.2 Å². The highest BCUT2D eigenvalue weighted by atomic mass is 16.5. The van der Waals surface area contributed by atoms with Crippen molar-refractivity contribution in [2.75, 3.05) is 25.6 Å². The first kappa shape index (κ1) is 15.8. The third-order valence-electron chi connectivity index (χ3n) is 2.92. The average Bonchev–Trinajstić information content (AvgIpc) is 2.54. The Labute approximate surface area is 128 Å². The highest BCUT2D eigenvalue weighted by Crippen LogP contribution is 2.13. The number of nitrogens with zero attached hydrogens (tertiary/aromatic N) is 1. The van der Waals surface area contributed by atoms with Crippen LogP contribution in [0.4, 0.5) is 5.82 Å². The molecular weight excluding hydrogens is 284 g/mol. The molecule has 0 saturated carbocycles. The van der Waals surface area contributed by atoms with E-state index in [1.165, 1.54) is 6.07 Å². The topological polar surface area (TPSA) is 80.7 Å². The van der Waals surface area contributed by atoms with Crippen LogP contribution in [-0.4, -0.2) is 36.4 Å². The van der Waals surface area contributed by atoms with Gasteiger partial charge in [-0.25, -0.2) is 9.78 Å². The van der Waals surface area contributed by atoms with Crippen molar-refractivity contribution in [3.8, 4) is 5.75 Å². The van der Waals surface area contributed by atoms with E-state index < -0.39 is 5.97 Å². The first-order chi connectivity index (χ1) is 10.7. The molecule has 6 nitrogen and oxygen atoms in total. The molecule has 0 atom stereocenters. The molecule has 2 aromatic rings. The number of aromatic carboxylic acids is 1. The van der Waals surface area contributed by atoms with Crippen molar-refractivity contribution in [1.29, 1.82) is 0 Å². The van der Waals surface area contributed by atoms with E-state index in [0.717, 1.165) is 11.3 Å². The number of nitrogens with one attached hydrogen (secondary N) is 1. The molecule has 6 heteroatoms. The molecule has 116 valence electrons. The second-order valence-electron chi connectivity index (χ2n) is 4.55. The summed E-state index contributed by atoms with van der Waals surface area (Å²) < 4.78 is 10.4. The fourth-order valence-corrected chi connectivity index (χ4v) is 1.79. The number of carbonyl (C=O) groups is 1. The van der Waals surface area contributed by atoms with E-state index in [1.807, 2.05) is 24.3 Å². The van der Waals surface area contributed by atoms with Gasteiger partial charge in [-0.15, -0.1) is 0 Å². The van der Waals surface area contributed by atoms with Gasteiger partial charge in [0.25, 0.3) is 0 Å². The zero-order valence-corrected chi connectivity index (χ0v) is 12.3. The van der Waals surface area contributed by atoms with E-state index in [1.54, 1.807) is 19.2 Å². The molecule has 0 amide bonds. The molecule has 0 spiro atoms. The van der Waals surface area contributed by atoms with Gasteiger partial charge in [0.2, 0.25) is 0 Å². The van der Waals surface area contributed by atoms with Gasteiger partial charge in [-0.05, 0) is 29.8 Å². The molecule has 0 saturated heterocycles. The van der Waals surface area contributed by atoms with Crippen LogP contribution in [-0.2, 0) is 11.3 Å². The van der Waals surface area contributed by atoms with Gasteiger partial charge in [-0.1, -0.05) is 18.2 Å². The molecule has 2 rings (SSSR count). The van der Waals surface area contributed by atoms with Gasteiger partial charge in [-0.2, -0.15) is 0 Å². The van der Waals surface area contributed by atoms with Crippen LogP contribution in [0, 0.1) is 0 Å². The van der Waals surface area contributed by atoms with E-state index in [9.17, 15) is 4.79 Å². The summed E-state index contributed by atoms with van der Waals surface area (Å²) >= 11 is 0. The number of methoxy groups -OCH3 is 1. The van der Waals surface area contributed by atoms with E-state index in [4.69, 9.17) is 14.6 Å². The van der Waals surface area contributed by atoms with Crippen LogP contribution in [0.2, 0.25) is 0 Å². The van der Waals surface area contributed by atoms with Crippen LogP contribution in [0.5, 0.6) is 5.75 Å². The predicted octanol–water partition coefficient (Wildman–Crippen LogP) is 2.42. The van der Waals surface area contributed by atoms with Crippen molar-refractivity contribution >= 4 is 11.8 Å². The lowest BCUT2D eigenvalue weighted by Crippen LogP contribution is -2.06. The number of hydrogen-bond acceptors (Lipinski definition) is 5. The molecular formula is C16H18N2O4. The average molecular weight is 302 g/mol. The third kappa shape index (κ3) is 4.75. The fourth-order valence-electron chi connectivity index (χ4n) is 1.79. The van der Waals surface area contributed by atoms with E-state index in [2.05, 4.69) is 10.3 Å². The van der Waals surface area contributed by atoms with Gasteiger partial charge in [0.05, 0.1) is 6.61 Å². The van der Waals surface area contributed by atoms with Gasteiger partial charge in [0.15, 0.2) is 5.69 Å². The van der Waals surface area contributed by atoms with Crippen molar-refractivity contribution in [3.63, 3.8) is 0 Å². The minimum atomic E-state index is -1.04. The molecule has 0 radical (unpaired) electrons. The van der Waals surface area contributed by atoms with Crippen LogP contribution >= 0.6 is 0 Å². The Kier molecular flexibility index (Phi) is 5.73. The summed E-state index contributed by atoms with van der Waals surface area (Å²) in [5, 5.41) is 12.0. The number of carboxylic acids is 1. The second kappa shape index (κ2) is 7.99. The molecule has 2 N–H and O–H groups in total. The number of rotatable bonds is 8. The van der Waals surface area contributed by atoms with Crippen LogP contribution in [0.1, 0.15) is 16.1 Å². The number of aromatic nitrogens is 1. The predicted molar refractivity (Wildman–Crippen MR) is 82.3 cm³/mol. The monoisotopic (exact) mass is 302 g/mol. The molecule has 0 fully saturated rings. The Hall–Kier alpha value is -2.60. The Morgan fingerprint density at radius 2 is 1.95 bits per heavy atom. The molecule has 22 heavy (non-hydrogen) atoms. The molecule has 0 aliphatic heterocycles. The van der Waals surface area contributed by atoms with Crippen molar-refractivity contribution < 1.29 is 19.4 Å². The summed E-state index contributed by atoms with van der Waals surface area (Å²) in [4.78, 5) is 14.9. The van der Waals surface area contributed by atoms with E-state index in [0.29, 0.717) is 25.6 Å². The lowest BCUT2D eigenvalue weighted by Gasteiger charge is -2.08. The summed E-state index contributed by atoms with van der Waals surface area (Å²) in [5.74, 6) is 0.272. The molecule has 0 aliphatic carbocycles. The van der Waals surface area contributed by atoms with Crippen molar-refractivity contribution in [1.82, 2.24) is 4.98 Å². The standard InChI is InChI=1S/C16H18N2O4/c1-21-9-10-22-13-7-5-12(6-8-13)11-17-15-4-2-3-14(18-15)16(19)20/h2-8H,9-11H2,1H3,(H,17,18)(H,19,20). The smallest absolute Gasteiger partial charge is 0.354 e. The molecule has 1 aromatic carbocycles. The number of benzene rings is 1. The third-order valence-corrected chi connectivity index (χ3v) is 2.92. The minimum Gasteiger partial charge on any atom is -0.491 e.